The molecule has 110 valence electrons. The molecule has 0 bridgehead atoms. The van der Waals surface area contributed by atoms with Gasteiger partial charge in [0, 0.05) is 19.6 Å². The molecule has 1 rings (SSSR count). The van der Waals surface area contributed by atoms with Gasteiger partial charge < -0.3 is 20.1 Å². The van der Waals surface area contributed by atoms with Crippen LogP contribution in [0.5, 0.6) is 0 Å². The van der Waals surface area contributed by atoms with Crippen molar-refractivity contribution in [1.29, 1.82) is 0 Å². The molecule has 0 spiro atoms. The molecule has 6 nitrogen and oxygen atoms in total. The number of piperidine rings is 1. The quantitative estimate of drug-likeness (QED) is 0.736. The van der Waals surface area contributed by atoms with Crippen molar-refractivity contribution in [3.05, 3.63) is 0 Å². The van der Waals surface area contributed by atoms with Crippen LogP contribution in [0.25, 0.3) is 0 Å². The lowest BCUT2D eigenvalue weighted by Crippen LogP contribution is -2.50. The van der Waals surface area contributed by atoms with Gasteiger partial charge in [-0.1, -0.05) is 6.92 Å². The largest absolute Gasteiger partial charge is 0.481 e. The van der Waals surface area contributed by atoms with Gasteiger partial charge in [-0.2, -0.15) is 0 Å². The molecule has 1 aliphatic rings. The molecule has 19 heavy (non-hydrogen) atoms. The van der Waals surface area contributed by atoms with Gasteiger partial charge in [0.2, 0.25) is 0 Å². The Morgan fingerprint density at radius 3 is 2.68 bits per heavy atom. The Labute approximate surface area is 114 Å². The van der Waals surface area contributed by atoms with Gasteiger partial charge >= 0.3 is 12.0 Å². The number of aliphatic carboxylic acids is 1. The van der Waals surface area contributed by atoms with E-state index >= 15 is 0 Å². The van der Waals surface area contributed by atoms with E-state index in [-0.39, 0.29) is 24.6 Å². The Kier molecular flexibility index (Phi) is 6.08. The predicted molar refractivity (Wildman–Crippen MR) is 71.0 cm³/mol. The minimum atomic E-state index is -0.826. The average molecular weight is 272 g/mol. The maximum atomic E-state index is 11.9. The molecule has 0 aromatic carbocycles. The smallest absolute Gasteiger partial charge is 0.317 e. The summed E-state index contributed by atoms with van der Waals surface area (Å²) in [5, 5.41) is 11.8. The van der Waals surface area contributed by atoms with Crippen molar-refractivity contribution in [3.63, 3.8) is 0 Å². The van der Waals surface area contributed by atoms with Gasteiger partial charge in [0.1, 0.15) is 0 Å². The first-order chi connectivity index (χ1) is 8.90. The third kappa shape index (κ3) is 5.46. The van der Waals surface area contributed by atoms with E-state index in [0.29, 0.717) is 26.1 Å². The minimum absolute atomic E-state index is 0.142. The molecule has 2 unspecified atom stereocenters. The number of carboxylic acids is 1. The van der Waals surface area contributed by atoms with Gasteiger partial charge in [0.05, 0.1) is 18.6 Å². The van der Waals surface area contributed by atoms with Crippen LogP contribution in [0.3, 0.4) is 0 Å². The van der Waals surface area contributed by atoms with E-state index < -0.39 is 11.9 Å². The zero-order chi connectivity index (χ0) is 14.4. The van der Waals surface area contributed by atoms with Crippen LogP contribution in [-0.2, 0) is 9.53 Å². The number of nitrogens with one attached hydrogen (secondary N) is 1. The van der Waals surface area contributed by atoms with Gasteiger partial charge in [0.15, 0.2) is 0 Å². The van der Waals surface area contributed by atoms with E-state index in [9.17, 15) is 9.59 Å². The molecule has 1 fully saturated rings. The van der Waals surface area contributed by atoms with E-state index in [2.05, 4.69) is 5.32 Å². The van der Waals surface area contributed by atoms with E-state index in [1.54, 1.807) is 4.90 Å². The fraction of sp³-hybridized carbons (Fsp3) is 0.846. The fourth-order valence-corrected chi connectivity index (χ4v) is 2.26. The molecule has 0 aromatic heterocycles. The molecule has 0 aliphatic carbocycles. The van der Waals surface area contributed by atoms with Crippen LogP contribution < -0.4 is 5.32 Å². The van der Waals surface area contributed by atoms with Crippen LogP contribution in [0.4, 0.5) is 4.79 Å². The number of carbonyl (C=O) groups excluding carboxylic acids is 1. The summed E-state index contributed by atoms with van der Waals surface area (Å²) in [4.78, 5) is 24.5. The third-order valence-electron chi connectivity index (χ3n) is 3.13. The van der Waals surface area contributed by atoms with Gasteiger partial charge in [-0.15, -0.1) is 0 Å². The maximum Gasteiger partial charge on any atom is 0.317 e. The molecule has 1 aliphatic heterocycles. The highest BCUT2D eigenvalue weighted by atomic mass is 16.5. The first kappa shape index (κ1) is 15.8. The van der Waals surface area contributed by atoms with Gasteiger partial charge in [0.25, 0.3) is 0 Å². The van der Waals surface area contributed by atoms with Gasteiger partial charge in [-0.3, -0.25) is 4.79 Å². The lowest BCUT2D eigenvalue weighted by molar-refractivity contribution is -0.143. The van der Waals surface area contributed by atoms with E-state index in [1.165, 1.54) is 0 Å². The molecule has 2 N–H and O–H groups in total. The molecule has 2 atom stereocenters. The highest BCUT2D eigenvalue weighted by Crippen LogP contribution is 2.21. The summed E-state index contributed by atoms with van der Waals surface area (Å²) in [6.07, 6.45) is 0.776. The second-order valence-electron chi connectivity index (χ2n) is 5.43. The third-order valence-corrected chi connectivity index (χ3v) is 3.13. The molecule has 0 radical (unpaired) electrons. The molecule has 1 saturated heterocycles. The molecular weight excluding hydrogens is 248 g/mol. The van der Waals surface area contributed by atoms with Crippen LogP contribution in [0.1, 0.15) is 27.2 Å². The number of likely N-dealkylation sites (tertiary alicyclic amines) is 1. The van der Waals surface area contributed by atoms with Crippen LogP contribution in [0, 0.1) is 11.8 Å². The Morgan fingerprint density at radius 1 is 1.42 bits per heavy atom. The highest BCUT2D eigenvalue weighted by Gasteiger charge is 2.31. The van der Waals surface area contributed by atoms with Crippen molar-refractivity contribution in [1.82, 2.24) is 10.2 Å². The number of amides is 2. The standard InChI is InChI=1S/C13H24N2O4/c1-9(2)19-5-4-14-13(18)15-7-10(3)6-11(8-15)12(16)17/h9-11H,4-8H2,1-3H3,(H,14,18)(H,16,17). The van der Waals surface area contributed by atoms with Crippen molar-refractivity contribution in [2.45, 2.75) is 33.3 Å². The first-order valence-corrected chi connectivity index (χ1v) is 6.77. The predicted octanol–water partition coefficient (Wildman–Crippen LogP) is 1.16. The second-order valence-corrected chi connectivity index (χ2v) is 5.43. The SMILES string of the molecule is CC1CC(C(=O)O)CN(C(=O)NCCOC(C)C)C1. The number of carbonyl (C=O) groups is 2. The summed E-state index contributed by atoms with van der Waals surface area (Å²) in [6.45, 7) is 7.65. The van der Waals surface area contributed by atoms with E-state index in [4.69, 9.17) is 9.84 Å². The second kappa shape index (κ2) is 7.33. The van der Waals surface area contributed by atoms with Crippen LogP contribution in [0.15, 0.2) is 0 Å². The molecular formula is C13H24N2O4. The minimum Gasteiger partial charge on any atom is -0.481 e. The summed E-state index contributed by atoms with van der Waals surface area (Å²) >= 11 is 0. The number of hydrogen-bond acceptors (Lipinski definition) is 3. The summed E-state index contributed by atoms with van der Waals surface area (Å²) in [5.74, 6) is -1.07. The highest BCUT2D eigenvalue weighted by molar-refractivity contribution is 5.76. The number of carboxylic acid groups (broad SMARTS) is 1. The van der Waals surface area contributed by atoms with Gasteiger partial charge in [-0.05, 0) is 26.2 Å². The number of hydrogen-bond donors (Lipinski definition) is 2. The average Bonchev–Trinajstić information content (AvgIpc) is 2.33. The van der Waals surface area contributed by atoms with Crippen molar-refractivity contribution in [2.24, 2.45) is 11.8 Å². The lowest BCUT2D eigenvalue weighted by Gasteiger charge is -2.34. The normalized spacial score (nSPS) is 23.5. The fourth-order valence-electron chi connectivity index (χ4n) is 2.26. The summed E-state index contributed by atoms with van der Waals surface area (Å²) in [6, 6.07) is -0.204. The Morgan fingerprint density at radius 2 is 2.11 bits per heavy atom. The van der Waals surface area contributed by atoms with Crippen LogP contribution in [0.2, 0.25) is 0 Å². The maximum absolute atomic E-state index is 11.9. The number of urea groups is 1. The number of ether oxygens (including phenoxy) is 1. The van der Waals surface area contributed by atoms with Crippen LogP contribution >= 0.6 is 0 Å². The Hall–Kier alpha value is -1.30. The molecule has 1 heterocycles. The molecule has 0 saturated carbocycles. The van der Waals surface area contributed by atoms with Crippen molar-refractivity contribution >= 4 is 12.0 Å². The molecule has 6 heteroatoms. The van der Waals surface area contributed by atoms with Crippen molar-refractivity contribution in [2.75, 3.05) is 26.2 Å². The van der Waals surface area contributed by atoms with Crippen molar-refractivity contribution in [3.8, 4) is 0 Å². The van der Waals surface area contributed by atoms with E-state index in [0.717, 1.165) is 0 Å². The topological polar surface area (TPSA) is 78.9 Å². The number of rotatable bonds is 5. The van der Waals surface area contributed by atoms with Crippen LogP contribution in [-0.4, -0.2) is 54.4 Å². The monoisotopic (exact) mass is 272 g/mol. The lowest BCUT2D eigenvalue weighted by atomic mass is 9.91. The molecule has 0 aromatic rings. The number of nitrogens with zero attached hydrogens (tertiary/aromatic N) is 1. The Bertz CT molecular complexity index is 320. The summed E-state index contributed by atoms with van der Waals surface area (Å²) in [7, 11) is 0. The zero-order valence-corrected chi connectivity index (χ0v) is 11.9. The zero-order valence-electron chi connectivity index (χ0n) is 11.9. The molecule has 2 amide bonds. The summed E-state index contributed by atoms with van der Waals surface area (Å²) < 4.78 is 5.33. The van der Waals surface area contributed by atoms with E-state index in [1.807, 2.05) is 20.8 Å². The van der Waals surface area contributed by atoms with Crippen molar-refractivity contribution < 1.29 is 19.4 Å². The van der Waals surface area contributed by atoms with Gasteiger partial charge in [-0.25, -0.2) is 4.79 Å². The Balaban J connectivity index is 2.36. The first-order valence-electron chi connectivity index (χ1n) is 6.77. The summed E-state index contributed by atoms with van der Waals surface area (Å²) in [5.41, 5.74) is 0.